The number of rotatable bonds is 1. The molecule has 2 bridgehead atoms. The van der Waals surface area contributed by atoms with Crippen LogP contribution in [-0.4, -0.2) is 73.4 Å². The molecule has 1 saturated heterocycles. The maximum absolute atomic E-state index is 12.2. The van der Waals surface area contributed by atoms with Gasteiger partial charge < -0.3 is 15.2 Å². The lowest BCUT2D eigenvalue weighted by Gasteiger charge is -2.34. The number of amides is 1. The molecule has 1 saturated carbocycles. The molecule has 4 N–H and O–H groups in total. The van der Waals surface area contributed by atoms with Gasteiger partial charge >= 0.3 is 0 Å². The second-order valence-corrected chi connectivity index (χ2v) is 10.1. The first kappa shape index (κ1) is 24.6. The van der Waals surface area contributed by atoms with Gasteiger partial charge in [-0.25, -0.2) is 0 Å². The van der Waals surface area contributed by atoms with Gasteiger partial charge in [-0.2, -0.15) is 0 Å². The molecule has 5 rings (SSSR count). The average Bonchev–Trinajstić information content (AvgIpc) is 3.27. The first-order valence-electron chi connectivity index (χ1n) is 13.3. The van der Waals surface area contributed by atoms with Crippen LogP contribution >= 0.6 is 0 Å². The Morgan fingerprint density at radius 1 is 1.17 bits per heavy atom. The fraction of sp³-hybridized carbons (Fsp3) is 0.630. The molecule has 6 unspecified atom stereocenters. The number of nitrogens with zero attached hydrogens (tertiary/aromatic N) is 2. The maximum Gasteiger partial charge on any atom is 0.234 e. The van der Waals surface area contributed by atoms with E-state index in [1.54, 1.807) is 0 Å². The van der Waals surface area contributed by atoms with Crippen molar-refractivity contribution in [2.24, 2.45) is 10.7 Å². The normalized spacial score (nSPS) is 36.4. The van der Waals surface area contributed by atoms with Crippen LogP contribution in [0.2, 0.25) is 0 Å². The van der Waals surface area contributed by atoms with Gasteiger partial charge in [-0.3, -0.25) is 25.3 Å². The summed E-state index contributed by atoms with van der Waals surface area (Å²) >= 11 is 0. The zero-order chi connectivity index (χ0) is 24.0. The minimum atomic E-state index is -0.315. The third kappa shape index (κ3) is 6.19. The van der Waals surface area contributed by atoms with Gasteiger partial charge in [0.2, 0.25) is 5.91 Å². The van der Waals surface area contributed by atoms with Crippen LogP contribution in [0.4, 0.5) is 0 Å². The molecule has 8 heteroatoms. The Morgan fingerprint density at radius 2 is 2.11 bits per heavy atom. The number of primary amides is 1. The average molecular weight is 482 g/mol. The summed E-state index contributed by atoms with van der Waals surface area (Å²) in [5.74, 6) is -0.289. The number of carbonyl (C=O) groups excluding carboxylic acids is 1. The zero-order valence-electron chi connectivity index (χ0n) is 20.5. The van der Waals surface area contributed by atoms with Crippen LogP contribution in [0.5, 0.6) is 0 Å². The summed E-state index contributed by atoms with van der Waals surface area (Å²) in [6, 6.07) is -0.0915. The molecule has 0 radical (unpaired) electrons. The van der Waals surface area contributed by atoms with Crippen molar-refractivity contribution in [2.75, 3.05) is 26.4 Å². The van der Waals surface area contributed by atoms with E-state index in [0.29, 0.717) is 19.7 Å². The summed E-state index contributed by atoms with van der Waals surface area (Å²) in [5, 5.41) is 7.06. The monoisotopic (exact) mass is 481 g/mol. The molecule has 0 spiro atoms. The van der Waals surface area contributed by atoms with Gasteiger partial charge in [0.05, 0.1) is 42.4 Å². The standard InChI is InChI=1S/C27H39N5O3/c28-26(33)24-16-20-17-32(24)15-14-29-18-34-25-13-7-4-9-19(25)8-2-1-3-12-23-27(35-20)31-22-11-6-5-10-21(22)30-23/h1-3,8,10,12,20,22,24-25,27,29,31H,4-7,9,11,13-18H2,(H2,28,33). The van der Waals surface area contributed by atoms with Gasteiger partial charge in [-0.15, -0.1) is 0 Å². The first-order valence-corrected chi connectivity index (χ1v) is 13.3. The summed E-state index contributed by atoms with van der Waals surface area (Å²) in [4.78, 5) is 19.3. The highest BCUT2D eigenvalue weighted by Crippen LogP contribution is 2.28. The predicted octanol–water partition coefficient (Wildman–Crippen LogP) is 2.30. The first-order chi connectivity index (χ1) is 17.2. The molecular weight excluding hydrogens is 442 g/mol. The van der Waals surface area contributed by atoms with Gasteiger partial charge in [0, 0.05) is 19.6 Å². The van der Waals surface area contributed by atoms with E-state index in [1.807, 2.05) is 12.2 Å². The third-order valence-corrected chi connectivity index (χ3v) is 7.67. The summed E-state index contributed by atoms with van der Waals surface area (Å²) in [6.07, 6.45) is 20.9. The lowest BCUT2D eigenvalue weighted by Crippen LogP contribution is -2.51. The Kier molecular flexibility index (Phi) is 8.26. The maximum atomic E-state index is 12.2. The molecule has 190 valence electrons. The SMILES string of the molecule is NC(=O)C1CC2CN1CCNCOC1CCCCC1=CC=CC=CC1=NC3=CCCCC3NC1O2. The summed E-state index contributed by atoms with van der Waals surface area (Å²) in [6.45, 7) is 2.63. The number of nitrogens with one attached hydrogen (secondary N) is 2. The molecule has 35 heavy (non-hydrogen) atoms. The highest BCUT2D eigenvalue weighted by Gasteiger charge is 2.39. The summed E-state index contributed by atoms with van der Waals surface area (Å²) in [5.41, 5.74) is 9.10. The largest absolute Gasteiger partial charge is 0.368 e. The molecule has 8 nitrogen and oxygen atoms in total. The molecule has 6 atom stereocenters. The zero-order valence-corrected chi connectivity index (χ0v) is 20.5. The van der Waals surface area contributed by atoms with E-state index in [2.05, 4.69) is 39.8 Å². The van der Waals surface area contributed by atoms with E-state index in [-0.39, 0.29) is 36.4 Å². The Hall–Kier alpha value is -2.10. The predicted molar refractivity (Wildman–Crippen MR) is 137 cm³/mol. The van der Waals surface area contributed by atoms with Crippen molar-refractivity contribution in [3.8, 4) is 0 Å². The van der Waals surface area contributed by atoms with Gasteiger partial charge in [0.1, 0.15) is 0 Å². The number of hydrogen-bond donors (Lipinski definition) is 3. The fourth-order valence-electron chi connectivity index (χ4n) is 5.80. The van der Waals surface area contributed by atoms with Crippen molar-refractivity contribution < 1.29 is 14.3 Å². The van der Waals surface area contributed by atoms with Gasteiger partial charge in [-0.05, 0) is 56.6 Å². The summed E-state index contributed by atoms with van der Waals surface area (Å²) in [7, 11) is 0. The van der Waals surface area contributed by atoms with Crippen LogP contribution in [0.3, 0.4) is 0 Å². The minimum absolute atomic E-state index is 0.0869. The van der Waals surface area contributed by atoms with Crippen molar-refractivity contribution in [3.63, 3.8) is 0 Å². The molecule has 2 aliphatic carbocycles. The van der Waals surface area contributed by atoms with Gasteiger partial charge in [0.25, 0.3) is 0 Å². The highest BCUT2D eigenvalue weighted by atomic mass is 16.5. The minimum Gasteiger partial charge on any atom is -0.368 e. The number of carbonyl (C=O) groups is 1. The topological polar surface area (TPSA) is 101 Å². The van der Waals surface area contributed by atoms with E-state index >= 15 is 0 Å². The molecule has 0 aromatic heterocycles. The van der Waals surface area contributed by atoms with Crippen LogP contribution in [0.25, 0.3) is 0 Å². The van der Waals surface area contributed by atoms with E-state index in [0.717, 1.165) is 56.6 Å². The third-order valence-electron chi connectivity index (χ3n) is 7.67. The quantitative estimate of drug-likeness (QED) is 0.531. The van der Waals surface area contributed by atoms with E-state index in [4.69, 9.17) is 20.2 Å². The van der Waals surface area contributed by atoms with Gasteiger partial charge in [-0.1, -0.05) is 36.8 Å². The Bertz CT molecular complexity index is 924. The smallest absolute Gasteiger partial charge is 0.234 e. The van der Waals surface area contributed by atoms with Crippen molar-refractivity contribution >= 4 is 11.6 Å². The number of fused-ring (bicyclic) bond motifs is 5. The molecule has 3 aliphatic heterocycles. The van der Waals surface area contributed by atoms with Gasteiger partial charge in [0.15, 0.2) is 6.23 Å². The number of nitrogens with two attached hydrogens (primary N) is 1. The van der Waals surface area contributed by atoms with E-state index in [1.165, 1.54) is 18.4 Å². The molecule has 0 aromatic rings. The Morgan fingerprint density at radius 3 is 3.03 bits per heavy atom. The molecule has 2 fully saturated rings. The molecule has 5 aliphatic rings. The number of hydrogen-bond acceptors (Lipinski definition) is 7. The highest BCUT2D eigenvalue weighted by molar-refractivity contribution is 6.00. The number of allylic oxidation sites excluding steroid dienone is 5. The molecule has 3 heterocycles. The summed E-state index contributed by atoms with van der Waals surface area (Å²) < 4.78 is 12.7. The molecule has 0 aromatic carbocycles. The van der Waals surface area contributed by atoms with E-state index in [9.17, 15) is 4.79 Å². The molecular formula is C27H39N5O3. The second kappa shape index (κ2) is 11.8. The van der Waals surface area contributed by atoms with Crippen LogP contribution in [0.1, 0.15) is 51.4 Å². The lowest BCUT2D eigenvalue weighted by molar-refractivity contribution is -0.122. The lowest BCUT2D eigenvalue weighted by atomic mass is 9.91. The second-order valence-electron chi connectivity index (χ2n) is 10.1. The van der Waals surface area contributed by atoms with Crippen LogP contribution in [0, 0.1) is 0 Å². The van der Waals surface area contributed by atoms with Crippen LogP contribution in [0.15, 0.2) is 52.7 Å². The van der Waals surface area contributed by atoms with Crippen molar-refractivity contribution in [2.45, 2.75) is 81.9 Å². The van der Waals surface area contributed by atoms with Crippen molar-refractivity contribution in [1.29, 1.82) is 0 Å². The molecule has 1 amide bonds. The van der Waals surface area contributed by atoms with Crippen molar-refractivity contribution in [1.82, 2.24) is 15.5 Å². The number of aliphatic imine (C=N–C) groups is 1. The van der Waals surface area contributed by atoms with E-state index < -0.39 is 0 Å². The Balaban J connectivity index is 1.39. The van der Waals surface area contributed by atoms with Crippen molar-refractivity contribution in [3.05, 3.63) is 47.7 Å². The van der Waals surface area contributed by atoms with Crippen LogP contribution < -0.4 is 16.4 Å². The fourth-order valence-corrected chi connectivity index (χ4v) is 5.80. The Labute approximate surface area is 208 Å². The van der Waals surface area contributed by atoms with Crippen LogP contribution in [-0.2, 0) is 14.3 Å². The number of ether oxygens (including phenoxy) is 2.